The van der Waals surface area contributed by atoms with Crippen molar-refractivity contribution in [1.82, 2.24) is 0 Å². The molecule has 0 amide bonds. The van der Waals surface area contributed by atoms with Crippen molar-refractivity contribution in [2.45, 2.75) is 44.2 Å². The molecule has 2 heteroatoms. The summed E-state index contributed by atoms with van der Waals surface area (Å²) in [6.07, 6.45) is 6.99. The van der Waals surface area contributed by atoms with Gasteiger partial charge in [-0.05, 0) is 55.8 Å². The first-order valence-electron chi connectivity index (χ1n) is 5.75. The Balaban J connectivity index is 1.94. The molecule has 0 radical (unpaired) electrons. The van der Waals surface area contributed by atoms with E-state index in [1.54, 1.807) is 0 Å². The molecule has 4 fully saturated rings. The van der Waals surface area contributed by atoms with Crippen molar-refractivity contribution in [3.05, 3.63) is 0 Å². The van der Waals surface area contributed by atoms with E-state index in [0.29, 0.717) is 12.1 Å². The van der Waals surface area contributed by atoms with E-state index in [-0.39, 0.29) is 0 Å². The Morgan fingerprint density at radius 1 is 0.615 bits per heavy atom. The average molecular weight is 180 g/mol. The first-order chi connectivity index (χ1) is 6.24. The molecule has 0 aliphatic heterocycles. The van der Waals surface area contributed by atoms with Crippen molar-refractivity contribution in [2.24, 2.45) is 35.1 Å². The summed E-state index contributed by atoms with van der Waals surface area (Å²) in [5.74, 6) is 3.46. The number of fused-ring (bicyclic) bond motifs is 1. The molecule has 0 heterocycles. The Kier molecular flexibility index (Phi) is 1.72. The fourth-order valence-corrected chi connectivity index (χ4v) is 4.21. The summed E-state index contributed by atoms with van der Waals surface area (Å²) in [6.45, 7) is 0. The van der Waals surface area contributed by atoms with Crippen LogP contribution < -0.4 is 11.5 Å². The quantitative estimate of drug-likeness (QED) is 0.586. The molecule has 0 spiro atoms. The van der Waals surface area contributed by atoms with Gasteiger partial charge in [0.1, 0.15) is 0 Å². The molecule has 0 aromatic heterocycles. The molecule has 0 aromatic carbocycles. The van der Waals surface area contributed by atoms with E-state index in [9.17, 15) is 0 Å². The second kappa shape index (κ2) is 2.71. The van der Waals surface area contributed by atoms with Gasteiger partial charge in [0.05, 0.1) is 0 Å². The fraction of sp³-hybridized carbons (Fsp3) is 1.00. The van der Waals surface area contributed by atoms with E-state index in [4.69, 9.17) is 11.5 Å². The monoisotopic (exact) mass is 180 g/mol. The number of rotatable bonds is 0. The van der Waals surface area contributed by atoms with Crippen LogP contribution >= 0.6 is 0 Å². The summed E-state index contributed by atoms with van der Waals surface area (Å²) in [5.41, 5.74) is 12.4. The van der Waals surface area contributed by atoms with Crippen LogP contribution in [0.2, 0.25) is 0 Å². The molecule has 0 aromatic rings. The minimum Gasteiger partial charge on any atom is -0.326 e. The SMILES string of the molecule is NC1C2CC3CC(C2)CC(C3)C1N. The summed E-state index contributed by atoms with van der Waals surface area (Å²) < 4.78 is 0. The lowest BCUT2D eigenvalue weighted by atomic mass is 9.67. The van der Waals surface area contributed by atoms with Gasteiger partial charge in [-0.25, -0.2) is 0 Å². The van der Waals surface area contributed by atoms with Crippen molar-refractivity contribution in [2.75, 3.05) is 0 Å². The maximum atomic E-state index is 6.22. The van der Waals surface area contributed by atoms with Crippen molar-refractivity contribution < 1.29 is 0 Å². The van der Waals surface area contributed by atoms with Gasteiger partial charge >= 0.3 is 0 Å². The van der Waals surface area contributed by atoms with E-state index >= 15 is 0 Å². The minimum atomic E-state index is 0.306. The van der Waals surface area contributed by atoms with Crippen LogP contribution in [0.3, 0.4) is 0 Å². The molecule has 4 bridgehead atoms. The Bertz CT molecular complexity index is 182. The van der Waals surface area contributed by atoms with Crippen LogP contribution in [0.15, 0.2) is 0 Å². The van der Waals surface area contributed by atoms with Gasteiger partial charge in [0, 0.05) is 12.1 Å². The van der Waals surface area contributed by atoms with E-state index in [0.717, 1.165) is 23.7 Å². The second-order valence-corrected chi connectivity index (χ2v) is 5.59. The van der Waals surface area contributed by atoms with Gasteiger partial charge in [-0.1, -0.05) is 0 Å². The zero-order valence-corrected chi connectivity index (χ0v) is 8.15. The van der Waals surface area contributed by atoms with Crippen LogP contribution in [0.1, 0.15) is 32.1 Å². The zero-order chi connectivity index (χ0) is 9.00. The molecular formula is C11H20N2. The topological polar surface area (TPSA) is 52.0 Å². The first-order valence-corrected chi connectivity index (χ1v) is 5.75. The third-order valence-corrected chi connectivity index (χ3v) is 4.74. The average Bonchev–Trinajstić information content (AvgIpc) is 2.23. The van der Waals surface area contributed by atoms with Gasteiger partial charge < -0.3 is 11.5 Å². The smallest absolute Gasteiger partial charge is 0.0223 e. The molecule has 74 valence electrons. The summed E-state index contributed by atoms with van der Waals surface area (Å²) >= 11 is 0. The van der Waals surface area contributed by atoms with Crippen LogP contribution in [-0.2, 0) is 0 Å². The molecule has 4 aliphatic carbocycles. The highest BCUT2D eigenvalue weighted by Gasteiger charge is 2.46. The van der Waals surface area contributed by atoms with Crippen LogP contribution in [-0.4, -0.2) is 12.1 Å². The highest BCUT2D eigenvalue weighted by atomic mass is 14.8. The third-order valence-electron chi connectivity index (χ3n) is 4.74. The minimum absolute atomic E-state index is 0.306. The first kappa shape index (κ1) is 8.25. The van der Waals surface area contributed by atoms with Gasteiger partial charge in [-0.2, -0.15) is 0 Å². The van der Waals surface area contributed by atoms with Gasteiger partial charge in [0.25, 0.3) is 0 Å². The zero-order valence-electron chi connectivity index (χ0n) is 8.15. The Hall–Kier alpha value is -0.0800. The lowest BCUT2D eigenvalue weighted by molar-refractivity contribution is 0.130. The molecule has 2 nitrogen and oxygen atoms in total. The molecule has 4 N–H and O–H groups in total. The molecule has 13 heavy (non-hydrogen) atoms. The molecule has 2 unspecified atom stereocenters. The number of hydrogen-bond acceptors (Lipinski definition) is 2. The molecule has 0 saturated heterocycles. The third kappa shape index (κ3) is 1.15. The Morgan fingerprint density at radius 3 is 1.38 bits per heavy atom. The van der Waals surface area contributed by atoms with Crippen molar-refractivity contribution in [3.8, 4) is 0 Å². The lowest BCUT2D eigenvalue weighted by Gasteiger charge is -2.38. The number of nitrogens with two attached hydrogens (primary N) is 2. The Morgan fingerprint density at radius 2 is 1.00 bits per heavy atom. The van der Waals surface area contributed by atoms with Gasteiger partial charge in [0.2, 0.25) is 0 Å². The highest BCUT2D eigenvalue weighted by molar-refractivity contribution is 5.01. The largest absolute Gasteiger partial charge is 0.326 e. The summed E-state index contributed by atoms with van der Waals surface area (Å²) in [4.78, 5) is 0. The molecular weight excluding hydrogens is 160 g/mol. The molecule has 4 rings (SSSR count). The van der Waals surface area contributed by atoms with E-state index in [1.165, 1.54) is 32.1 Å². The molecule has 4 aliphatic rings. The van der Waals surface area contributed by atoms with Crippen molar-refractivity contribution in [3.63, 3.8) is 0 Å². The van der Waals surface area contributed by atoms with E-state index < -0.39 is 0 Å². The summed E-state index contributed by atoms with van der Waals surface area (Å²) in [7, 11) is 0. The van der Waals surface area contributed by atoms with Gasteiger partial charge in [-0.3, -0.25) is 0 Å². The summed E-state index contributed by atoms with van der Waals surface area (Å²) in [5, 5.41) is 0. The van der Waals surface area contributed by atoms with Crippen LogP contribution in [0.25, 0.3) is 0 Å². The van der Waals surface area contributed by atoms with Gasteiger partial charge in [0.15, 0.2) is 0 Å². The standard InChI is InChI=1S/C11H20N2/c12-10-8-2-6-1-7(4-8)5-9(3-6)11(10)13/h6-11H,1-5,12-13H2. The Labute approximate surface area is 80.1 Å². The predicted molar refractivity (Wildman–Crippen MR) is 53.0 cm³/mol. The van der Waals surface area contributed by atoms with Crippen LogP contribution in [0.4, 0.5) is 0 Å². The highest BCUT2D eigenvalue weighted by Crippen LogP contribution is 2.50. The lowest BCUT2D eigenvalue weighted by Crippen LogP contribution is -2.47. The van der Waals surface area contributed by atoms with Crippen molar-refractivity contribution >= 4 is 0 Å². The van der Waals surface area contributed by atoms with Crippen LogP contribution in [0.5, 0.6) is 0 Å². The summed E-state index contributed by atoms with van der Waals surface area (Å²) in [6, 6.07) is 0.612. The van der Waals surface area contributed by atoms with Crippen LogP contribution in [0, 0.1) is 23.7 Å². The molecule has 4 saturated carbocycles. The van der Waals surface area contributed by atoms with Gasteiger partial charge in [-0.15, -0.1) is 0 Å². The van der Waals surface area contributed by atoms with E-state index in [1.807, 2.05) is 0 Å². The maximum absolute atomic E-state index is 6.22. The fourth-order valence-electron chi connectivity index (χ4n) is 4.21. The number of hydrogen-bond donors (Lipinski definition) is 2. The van der Waals surface area contributed by atoms with Crippen molar-refractivity contribution in [1.29, 1.82) is 0 Å². The van der Waals surface area contributed by atoms with E-state index in [2.05, 4.69) is 0 Å². The molecule has 2 atom stereocenters. The maximum Gasteiger partial charge on any atom is 0.0223 e. The predicted octanol–water partition coefficient (Wildman–Crippen LogP) is 1.10. The normalized spacial score (nSPS) is 59.5. The second-order valence-electron chi connectivity index (χ2n) is 5.59.